The van der Waals surface area contributed by atoms with Gasteiger partial charge in [-0.05, 0) is 19.3 Å². The molecule has 0 aliphatic carbocycles. The maximum absolute atomic E-state index is 11.8. The Hall–Kier alpha value is -0.320. The average molecular weight is 237 g/mol. The second-order valence-electron chi connectivity index (χ2n) is 3.82. The van der Waals surface area contributed by atoms with Crippen molar-refractivity contribution >= 4 is 18.3 Å². The van der Waals surface area contributed by atoms with Crippen LogP contribution in [0.25, 0.3) is 0 Å². The molecule has 2 atom stereocenters. The fourth-order valence-electron chi connectivity index (χ4n) is 1.75. The van der Waals surface area contributed by atoms with E-state index < -0.39 is 0 Å². The normalized spacial score (nSPS) is 24.7. The number of rotatable bonds is 4. The predicted molar refractivity (Wildman–Crippen MR) is 62.1 cm³/mol. The van der Waals surface area contributed by atoms with Crippen molar-refractivity contribution < 1.29 is 9.53 Å². The number of nitrogens with zero attached hydrogens (tertiary/aromatic N) is 1. The molecule has 15 heavy (non-hydrogen) atoms. The van der Waals surface area contributed by atoms with Crippen molar-refractivity contribution in [2.24, 2.45) is 5.73 Å². The van der Waals surface area contributed by atoms with E-state index in [1.54, 1.807) is 4.90 Å². The standard InChI is InChI=1S/C10H20N2O2.ClH/c1-3-6-12(2)10(13)9-5-4-8(7-11)14-9;/h8-9H,3-7,11H2,1-2H3;1H/t8-,9+;/m1./s1. The fraction of sp³-hybridized carbons (Fsp3) is 0.900. The van der Waals surface area contributed by atoms with Gasteiger partial charge in [0.1, 0.15) is 6.10 Å². The van der Waals surface area contributed by atoms with Crippen LogP contribution in [0.4, 0.5) is 0 Å². The second kappa shape index (κ2) is 7.04. The highest BCUT2D eigenvalue weighted by atomic mass is 35.5. The largest absolute Gasteiger partial charge is 0.364 e. The molecule has 1 aliphatic heterocycles. The van der Waals surface area contributed by atoms with Gasteiger partial charge in [-0.2, -0.15) is 0 Å². The van der Waals surface area contributed by atoms with Crippen molar-refractivity contribution in [1.82, 2.24) is 4.90 Å². The summed E-state index contributed by atoms with van der Waals surface area (Å²) in [4.78, 5) is 13.5. The van der Waals surface area contributed by atoms with E-state index in [0.29, 0.717) is 6.54 Å². The quantitative estimate of drug-likeness (QED) is 0.785. The highest BCUT2D eigenvalue weighted by Gasteiger charge is 2.31. The number of hydrogen-bond donors (Lipinski definition) is 1. The van der Waals surface area contributed by atoms with Crippen LogP contribution in [-0.4, -0.2) is 43.2 Å². The molecule has 0 bridgehead atoms. The Morgan fingerprint density at radius 1 is 1.53 bits per heavy atom. The molecule has 0 aromatic heterocycles. The van der Waals surface area contributed by atoms with Crippen LogP contribution in [-0.2, 0) is 9.53 Å². The summed E-state index contributed by atoms with van der Waals surface area (Å²) < 4.78 is 5.52. The molecule has 0 aromatic carbocycles. The van der Waals surface area contributed by atoms with E-state index >= 15 is 0 Å². The SMILES string of the molecule is CCCN(C)C(=O)[C@@H]1CC[C@H](CN)O1.Cl. The van der Waals surface area contributed by atoms with Crippen molar-refractivity contribution in [2.75, 3.05) is 20.1 Å². The molecule has 0 spiro atoms. The molecule has 1 aliphatic rings. The summed E-state index contributed by atoms with van der Waals surface area (Å²) in [5.41, 5.74) is 5.48. The van der Waals surface area contributed by atoms with Gasteiger partial charge in [0.2, 0.25) is 0 Å². The first-order valence-electron chi connectivity index (χ1n) is 5.29. The van der Waals surface area contributed by atoms with Gasteiger partial charge in [0, 0.05) is 20.1 Å². The maximum atomic E-state index is 11.8. The molecule has 90 valence electrons. The van der Waals surface area contributed by atoms with Crippen LogP contribution in [0.5, 0.6) is 0 Å². The van der Waals surface area contributed by atoms with Crippen LogP contribution in [0.1, 0.15) is 26.2 Å². The molecule has 0 saturated carbocycles. The van der Waals surface area contributed by atoms with Crippen LogP contribution >= 0.6 is 12.4 Å². The molecular formula is C10H21ClN2O2. The van der Waals surface area contributed by atoms with Gasteiger partial charge >= 0.3 is 0 Å². The van der Waals surface area contributed by atoms with E-state index in [9.17, 15) is 4.79 Å². The summed E-state index contributed by atoms with van der Waals surface area (Å²) in [6.45, 7) is 3.37. The zero-order chi connectivity index (χ0) is 10.6. The number of carbonyl (C=O) groups is 1. The molecule has 1 amide bonds. The molecule has 5 heteroatoms. The van der Waals surface area contributed by atoms with E-state index in [-0.39, 0.29) is 30.5 Å². The van der Waals surface area contributed by atoms with Gasteiger partial charge in [-0.1, -0.05) is 6.92 Å². The Labute approximate surface area is 97.5 Å². The summed E-state index contributed by atoms with van der Waals surface area (Å²) in [7, 11) is 1.82. The van der Waals surface area contributed by atoms with Crippen LogP contribution in [0.2, 0.25) is 0 Å². The van der Waals surface area contributed by atoms with E-state index in [1.807, 2.05) is 7.05 Å². The summed E-state index contributed by atoms with van der Waals surface area (Å²) in [6.07, 6.45) is 2.54. The Morgan fingerprint density at radius 2 is 2.20 bits per heavy atom. The van der Waals surface area contributed by atoms with Gasteiger partial charge in [0.05, 0.1) is 6.10 Å². The third-order valence-electron chi connectivity index (χ3n) is 2.58. The smallest absolute Gasteiger partial charge is 0.251 e. The van der Waals surface area contributed by atoms with E-state index in [0.717, 1.165) is 25.8 Å². The average Bonchev–Trinajstić information content (AvgIpc) is 2.65. The fourth-order valence-corrected chi connectivity index (χ4v) is 1.75. The van der Waals surface area contributed by atoms with Crippen molar-refractivity contribution in [3.8, 4) is 0 Å². The first-order chi connectivity index (χ1) is 6.69. The van der Waals surface area contributed by atoms with Crippen LogP contribution in [0, 0.1) is 0 Å². The van der Waals surface area contributed by atoms with Crippen LogP contribution in [0.15, 0.2) is 0 Å². The lowest BCUT2D eigenvalue weighted by molar-refractivity contribution is -0.141. The molecule has 1 heterocycles. The van der Waals surface area contributed by atoms with Gasteiger partial charge < -0.3 is 15.4 Å². The minimum Gasteiger partial charge on any atom is -0.364 e. The minimum absolute atomic E-state index is 0. The molecule has 0 radical (unpaired) electrons. The lowest BCUT2D eigenvalue weighted by Crippen LogP contribution is -2.37. The van der Waals surface area contributed by atoms with Gasteiger partial charge in [0.15, 0.2) is 0 Å². The molecule has 4 nitrogen and oxygen atoms in total. The third kappa shape index (κ3) is 3.97. The van der Waals surface area contributed by atoms with E-state index in [2.05, 4.69) is 6.92 Å². The first-order valence-corrected chi connectivity index (χ1v) is 5.29. The number of amides is 1. The molecule has 1 rings (SSSR count). The number of likely N-dealkylation sites (N-methyl/N-ethyl adjacent to an activating group) is 1. The highest BCUT2D eigenvalue weighted by molar-refractivity contribution is 5.85. The topological polar surface area (TPSA) is 55.6 Å². The zero-order valence-corrected chi connectivity index (χ0v) is 10.3. The summed E-state index contributed by atoms with van der Waals surface area (Å²) >= 11 is 0. The Bertz CT molecular complexity index is 202. The lowest BCUT2D eigenvalue weighted by atomic mass is 10.2. The Morgan fingerprint density at radius 3 is 2.67 bits per heavy atom. The lowest BCUT2D eigenvalue weighted by Gasteiger charge is -2.20. The molecule has 0 aromatic rings. The van der Waals surface area contributed by atoms with Gasteiger partial charge in [-0.3, -0.25) is 4.79 Å². The number of halogens is 1. The predicted octanol–water partition coefficient (Wildman–Crippen LogP) is 0.783. The van der Waals surface area contributed by atoms with E-state index in [1.165, 1.54) is 0 Å². The number of carbonyl (C=O) groups excluding carboxylic acids is 1. The number of hydrogen-bond acceptors (Lipinski definition) is 3. The van der Waals surface area contributed by atoms with Crippen LogP contribution in [0.3, 0.4) is 0 Å². The van der Waals surface area contributed by atoms with Crippen molar-refractivity contribution in [2.45, 2.75) is 38.4 Å². The Balaban J connectivity index is 0.00000196. The van der Waals surface area contributed by atoms with E-state index in [4.69, 9.17) is 10.5 Å². The monoisotopic (exact) mass is 236 g/mol. The van der Waals surface area contributed by atoms with Crippen LogP contribution < -0.4 is 5.73 Å². The maximum Gasteiger partial charge on any atom is 0.251 e. The number of ether oxygens (including phenoxy) is 1. The zero-order valence-electron chi connectivity index (χ0n) is 9.44. The number of nitrogens with two attached hydrogens (primary N) is 1. The second-order valence-corrected chi connectivity index (χ2v) is 3.82. The third-order valence-corrected chi connectivity index (χ3v) is 2.58. The Kier molecular flexibility index (Phi) is 6.89. The van der Waals surface area contributed by atoms with Crippen molar-refractivity contribution in [1.29, 1.82) is 0 Å². The van der Waals surface area contributed by atoms with Gasteiger partial charge in [-0.15, -0.1) is 12.4 Å². The summed E-state index contributed by atoms with van der Waals surface area (Å²) in [6, 6.07) is 0. The summed E-state index contributed by atoms with van der Waals surface area (Å²) in [5.74, 6) is 0.0998. The molecule has 2 N–H and O–H groups in total. The summed E-state index contributed by atoms with van der Waals surface area (Å²) in [5, 5.41) is 0. The first kappa shape index (κ1) is 14.7. The minimum atomic E-state index is -0.250. The van der Waals surface area contributed by atoms with Crippen molar-refractivity contribution in [3.63, 3.8) is 0 Å². The van der Waals surface area contributed by atoms with Gasteiger partial charge in [-0.25, -0.2) is 0 Å². The molecule has 1 saturated heterocycles. The molecule has 1 fully saturated rings. The van der Waals surface area contributed by atoms with Gasteiger partial charge in [0.25, 0.3) is 5.91 Å². The van der Waals surface area contributed by atoms with Crippen molar-refractivity contribution in [3.05, 3.63) is 0 Å². The highest BCUT2D eigenvalue weighted by Crippen LogP contribution is 2.20. The molecule has 0 unspecified atom stereocenters. The molecular weight excluding hydrogens is 216 g/mol.